The van der Waals surface area contributed by atoms with Crippen LogP contribution in [-0.4, -0.2) is 50.6 Å². The lowest BCUT2D eigenvalue weighted by molar-refractivity contribution is -0.144. The van der Waals surface area contributed by atoms with Gasteiger partial charge in [0.15, 0.2) is 0 Å². The maximum atomic E-state index is 13.0. The molecule has 4 rings (SSSR count). The molecule has 1 amide bonds. The summed E-state index contributed by atoms with van der Waals surface area (Å²) in [6.45, 7) is 1.03. The molecular formula is C20H20F3N5O2. The lowest BCUT2D eigenvalue weighted by atomic mass is 9.93. The number of nitrogens with zero attached hydrogens (tertiary/aromatic N) is 5. The molecule has 1 saturated heterocycles. The number of alkyl halides is 3. The van der Waals surface area contributed by atoms with E-state index >= 15 is 0 Å². The lowest BCUT2D eigenvalue weighted by Gasteiger charge is -2.32. The van der Waals surface area contributed by atoms with Gasteiger partial charge < -0.3 is 9.64 Å². The highest BCUT2D eigenvalue weighted by Gasteiger charge is 2.37. The molecule has 0 saturated carbocycles. The van der Waals surface area contributed by atoms with Crippen molar-refractivity contribution in [2.75, 3.05) is 20.2 Å². The Morgan fingerprint density at radius 2 is 1.93 bits per heavy atom. The number of methoxy groups -OCH3 is 1. The number of carbonyl (C=O) groups excluding carboxylic acids is 1. The fourth-order valence-electron chi connectivity index (χ4n) is 3.79. The molecule has 0 aliphatic carbocycles. The summed E-state index contributed by atoms with van der Waals surface area (Å²) in [4.78, 5) is 21.9. The molecule has 3 aromatic rings. The summed E-state index contributed by atoms with van der Waals surface area (Å²) in [5.74, 6) is -0.639. The van der Waals surface area contributed by atoms with Gasteiger partial charge in [-0.15, -0.1) is 5.10 Å². The molecule has 0 bridgehead atoms. The predicted molar refractivity (Wildman–Crippen MR) is 101 cm³/mol. The Bertz CT molecular complexity index is 1060. The molecule has 1 aliphatic heterocycles. The number of aromatic nitrogens is 4. The van der Waals surface area contributed by atoms with Crippen molar-refractivity contribution in [2.24, 2.45) is 0 Å². The van der Waals surface area contributed by atoms with Gasteiger partial charge in [0.2, 0.25) is 5.91 Å². The molecule has 30 heavy (non-hydrogen) atoms. The minimum Gasteiger partial charge on any atom is -0.496 e. The summed E-state index contributed by atoms with van der Waals surface area (Å²) in [6.07, 6.45) is -1.69. The number of hydrogen-bond acceptors (Lipinski definition) is 5. The van der Waals surface area contributed by atoms with Crippen LogP contribution >= 0.6 is 0 Å². The van der Waals surface area contributed by atoms with E-state index in [0.29, 0.717) is 37.4 Å². The fourth-order valence-corrected chi connectivity index (χ4v) is 3.79. The first-order valence-corrected chi connectivity index (χ1v) is 9.55. The highest BCUT2D eigenvalue weighted by Crippen LogP contribution is 2.31. The molecule has 0 radical (unpaired) electrons. The molecule has 1 aliphatic rings. The number of halogens is 3. The summed E-state index contributed by atoms with van der Waals surface area (Å²) in [5, 5.41) is 3.61. The first-order chi connectivity index (χ1) is 14.4. The molecule has 0 atom stereocenters. The van der Waals surface area contributed by atoms with E-state index in [2.05, 4.69) is 15.1 Å². The highest BCUT2D eigenvalue weighted by molar-refractivity contribution is 5.79. The van der Waals surface area contributed by atoms with Crippen molar-refractivity contribution in [3.05, 3.63) is 53.6 Å². The molecule has 158 valence electrons. The predicted octanol–water partition coefficient (Wildman–Crippen LogP) is 3.10. The van der Waals surface area contributed by atoms with Crippen LogP contribution in [-0.2, 0) is 17.4 Å². The Kier molecular flexibility index (Phi) is 5.31. The molecule has 1 fully saturated rings. The van der Waals surface area contributed by atoms with Crippen LogP contribution < -0.4 is 4.74 Å². The number of benzene rings is 1. The number of hydrogen-bond donors (Lipinski definition) is 0. The highest BCUT2D eigenvalue weighted by atomic mass is 19.4. The second-order valence-corrected chi connectivity index (χ2v) is 7.16. The molecule has 10 heteroatoms. The molecule has 0 unspecified atom stereocenters. The second-order valence-electron chi connectivity index (χ2n) is 7.16. The van der Waals surface area contributed by atoms with Crippen LogP contribution in [0.2, 0.25) is 0 Å². The van der Waals surface area contributed by atoms with Gasteiger partial charge >= 0.3 is 6.18 Å². The van der Waals surface area contributed by atoms with E-state index in [1.807, 2.05) is 24.3 Å². The van der Waals surface area contributed by atoms with Gasteiger partial charge in [0.1, 0.15) is 5.75 Å². The van der Waals surface area contributed by atoms with Crippen LogP contribution in [0.5, 0.6) is 5.75 Å². The van der Waals surface area contributed by atoms with E-state index in [1.54, 1.807) is 18.1 Å². The van der Waals surface area contributed by atoms with Gasteiger partial charge in [-0.1, -0.05) is 18.2 Å². The monoisotopic (exact) mass is 419 g/mol. The second kappa shape index (κ2) is 7.92. The zero-order valence-corrected chi connectivity index (χ0v) is 16.3. The van der Waals surface area contributed by atoms with E-state index < -0.39 is 12.0 Å². The molecular weight excluding hydrogens is 399 g/mol. The summed E-state index contributed by atoms with van der Waals surface area (Å²) >= 11 is 0. The van der Waals surface area contributed by atoms with Gasteiger partial charge in [-0.3, -0.25) is 4.79 Å². The van der Waals surface area contributed by atoms with Gasteiger partial charge in [-0.05, 0) is 25.0 Å². The molecule has 2 aromatic heterocycles. The number of amides is 1. The van der Waals surface area contributed by atoms with E-state index in [1.165, 1.54) is 10.7 Å². The van der Waals surface area contributed by atoms with Crippen LogP contribution in [0.15, 0.2) is 36.5 Å². The number of piperidine rings is 1. The maximum absolute atomic E-state index is 13.0. The number of ether oxygens (including phenoxy) is 1. The Balaban J connectivity index is 1.46. The summed E-state index contributed by atoms with van der Waals surface area (Å²) in [7, 11) is 1.57. The molecule has 0 spiro atoms. The van der Waals surface area contributed by atoms with Crippen LogP contribution in [0.3, 0.4) is 0 Å². The van der Waals surface area contributed by atoms with Crippen molar-refractivity contribution in [3.63, 3.8) is 0 Å². The number of carbonyl (C=O) groups is 1. The van der Waals surface area contributed by atoms with E-state index in [9.17, 15) is 18.0 Å². The lowest BCUT2D eigenvalue weighted by Crippen LogP contribution is -2.39. The van der Waals surface area contributed by atoms with Crippen LogP contribution in [0.25, 0.3) is 5.78 Å². The largest absolute Gasteiger partial charge is 0.496 e. The van der Waals surface area contributed by atoms with E-state index in [0.717, 1.165) is 5.56 Å². The van der Waals surface area contributed by atoms with Gasteiger partial charge in [-0.2, -0.15) is 18.2 Å². The Morgan fingerprint density at radius 1 is 1.20 bits per heavy atom. The quantitative estimate of drug-likeness (QED) is 0.650. The zero-order chi connectivity index (χ0) is 21.3. The molecule has 3 heterocycles. The molecule has 0 N–H and O–H groups in total. The third-order valence-corrected chi connectivity index (χ3v) is 5.32. The van der Waals surface area contributed by atoms with Crippen LogP contribution in [0.4, 0.5) is 13.2 Å². The number of fused-ring (bicyclic) bond motifs is 1. The van der Waals surface area contributed by atoms with Crippen molar-refractivity contribution < 1.29 is 22.7 Å². The first kappa shape index (κ1) is 20.1. The Hall–Kier alpha value is -3.17. The molecule has 1 aromatic carbocycles. The summed E-state index contributed by atoms with van der Waals surface area (Å²) in [6, 6.07) is 9.05. The Morgan fingerprint density at radius 3 is 2.63 bits per heavy atom. The van der Waals surface area contributed by atoms with E-state index in [4.69, 9.17) is 4.74 Å². The number of para-hydroxylation sites is 1. The first-order valence-electron chi connectivity index (χ1n) is 9.55. The smallest absolute Gasteiger partial charge is 0.453 e. The number of likely N-dealkylation sites (tertiary alicyclic amines) is 1. The zero-order valence-electron chi connectivity index (χ0n) is 16.3. The molecule has 7 nitrogen and oxygen atoms in total. The minimum atomic E-state index is -4.63. The van der Waals surface area contributed by atoms with Crippen molar-refractivity contribution >= 4 is 11.7 Å². The average Bonchev–Trinajstić information content (AvgIpc) is 3.19. The third-order valence-electron chi connectivity index (χ3n) is 5.32. The number of rotatable bonds is 4. The van der Waals surface area contributed by atoms with Gasteiger partial charge in [0, 0.05) is 30.8 Å². The maximum Gasteiger partial charge on any atom is 0.453 e. The fraction of sp³-hybridized carbons (Fsp3) is 0.400. The third kappa shape index (κ3) is 3.94. The van der Waals surface area contributed by atoms with Gasteiger partial charge in [-0.25, -0.2) is 9.50 Å². The van der Waals surface area contributed by atoms with Crippen molar-refractivity contribution in [3.8, 4) is 5.75 Å². The van der Waals surface area contributed by atoms with Crippen LogP contribution in [0.1, 0.15) is 35.8 Å². The summed E-state index contributed by atoms with van der Waals surface area (Å²) in [5.41, 5.74) is 1.45. The SMILES string of the molecule is COc1ccccc1CC(=O)N1CCC(c2ccnc3nc(C(F)(F)F)nn23)CC1. The summed E-state index contributed by atoms with van der Waals surface area (Å²) < 4.78 is 45.3. The standard InChI is InChI=1S/C20H20F3N5O2/c1-30-16-5-3-2-4-14(16)12-17(29)27-10-7-13(8-11-27)15-6-9-24-19-25-18(20(21,22)23)26-28(15)19/h2-6,9,13H,7-8,10-12H2,1H3. The van der Waals surface area contributed by atoms with Crippen molar-refractivity contribution in [2.45, 2.75) is 31.4 Å². The van der Waals surface area contributed by atoms with Gasteiger partial charge in [0.05, 0.1) is 19.2 Å². The van der Waals surface area contributed by atoms with Crippen molar-refractivity contribution in [1.29, 1.82) is 0 Å². The average molecular weight is 419 g/mol. The van der Waals surface area contributed by atoms with Crippen LogP contribution in [0, 0.1) is 0 Å². The topological polar surface area (TPSA) is 72.6 Å². The minimum absolute atomic E-state index is 0.00191. The normalized spacial score (nSPS) is 15.5. The van der Waals surface area contributed by atoms with Crippen molar-refractivity contribution in [1.82, 2.24) is 24.5 Å². The van der Waals surface area contributed by atoms with E-state index in [-0.39, 0.29) is 24.0 Å². The Labute approximate surface area is 170 Å². The van der Waals surface area contributed by atoms with Gasteiger partial charge in [0.25, 0.3) is 11.6 Å².